The van der Waals surface area contributed by atoms with Crippen molar-refractivity contribution in [1.29, 1.82) is 0 Å². The van der Waals surface area contributed by atoms with E-state index in [2.05, 4.69) is 36.1 Å². The Morgan fingerprint density at radius 3 is 2.76 bits per heavy atom. The molecule has 0 aromatic heterocycles. The molecule has 178 valence electrons. The molecular formula is C28H37NO4. The predicted molar refractivity (Wildman–Crippen MR) is 126 cm³/mol. The highest BCUT2D eigenvalue weighted by molar-refractivity contribution is 5.65. The van der Waals surface area contributed by atoms with Crippen LogP contribution in [-0.4, -0.2) is 60.7 Å². The highest BCUT2D eigenvalue weighted by Gasteiger charge is 2.80. The molecule has 7 aliphatic rings. The van der Waals surface area contributed by atoms with Gasteiger partial charge in [0.2, 0.25) is 0 Å². The fraction of sp³-hybridized carbons (Fsp3) is 0.714. The SMILES string of the molecule is CC[C@@](C)(O)[C@H]1C[C@@]23C=C[C@@]1(OC)[C@@H]1Oc4c(OC)ccc5c4[C@@]12CCN(CC1CC1)[C@@H]3C5. The summed E-state index contributed by atoms with van der Waals surface area (Å²) in [4.78, 5) is 2.80. The van der Waals surface area contributed by atoms with E-state index in [-0.39, 0.29) is 22.9 Å². The third-order valence-corrected chi connectivity index (χ3v) is 10.8. The summed E-state index contributed by atoms with van der Waals surface area (Å²) in [5.41, 5.74) is 1.15. The van der Waals surface area contributed by atoms with Crippen molar-refractivity contribution in [3.63, 3.8) is 0 Å². The Hall–Kier alpha value is -1.56. The number of methoxy groups -OCH3 is 2. The molecule has 5 nitrogen and oxygen atoms in total. The number of fused-ring (bicyclic) bond motifs is 1. The molecule has 1 N–H and O–H groups in total. The monoisotopic (exact) mass is 451 g/mol. The van der Waals surface area contributed by atoms with Gasteiger partial charge < -0.3 is 19.3 Å². The first-order valence-corrected chi connectivity index (χ1v) is 13.0. The Bertz CT molecular complexity index is 1050. The van der Waals surface area contributed by atoms with E-state index < -0.39 is 11.2 Å². The number of aliphatic hydroxyl groups is 1. The van der Waals surface area contributed by atoms with E-state index in [0.29, 0.717) is 12.5 Å². The van der Waals surface area contributed by atoms with Gasteiger partial charge in [0.05, 0.1) is 18.1 Å². The normalized spacial score (nSPS) is 43.7. The first kappa shape index (κ1) is 20.8. The van der Waals surface area contributed by atoms with Gasteiger partial charge in [0, 0.05) is 36.6 Å². The molecule has 5 heteroatoms. The highest BCUT2D eigenvalue weighted by Crippen LogP contribution is 2.75. The zero-order valence-corrected chi connectivity index (χ0v) is 20.4. The smallest absolute Gasteiger partial charge is 0.166 e. The van der Waals surface area contributed by atoms with Crippen LogP contribution >= 0.6 is 0 Å². The number of nitrogens with zero attached hydrogens (tertiary/aromatic N) is 1. The van der Waals surface area contributed by atoms with Gasteiger partial charge in [-0.3, -0.25) is 4.90 Å². The van der Waals surface area contributed by atoms with E-state index >= 15 is 0 Å². The average Bonchev–Trinajstić information content (AvgIpc) is 3.57. The number of hydrogen-bond donors (Lipinski definition) is 1. The second-order valence-corrected chi connectivity index (χ2v) is 11.9. The maximum atomic E-state index is 11.7. The van der Waals surface area contributed by atoms with Gasteiger partial charge in [-0.25, -0.2) is 0 Å². The molecule has 0 radical (unpaired) electrons. The molecule has 1 aromatic carbocycles. The van der Waals surface area contributed by atoms with Gasteiger partial charge >= 0.3 is 0 Å². The Morgan fingerprint density at radius 1 is 1.24 bits per heavy atom. The Balaban J connectivity index is 1.50. The summed E-state index contributed by atoms with van der Waals surface area (Å²) in [5, 5.41) is 11.7. The zero-order valence-electron chi connectivity index (χ0n) is 20.4. The lowest BCUT2D eigenvalue weighted by atomic mass is 9.36. The van der Waals surface area contributed by atoms with Gasteiger partial charge in [-0.15, -0.1) is 0 Å². The summed E-state index contributed by atoms with van der Waals surface area (Å²) in [7, 11) is 3.55. The summed E-state index contributed by atoms with van der Waals surface area (Å²) >= 11 is 0. The lowest BCUT2D eigenvalue weighted by Crippen LogP contribution is -2.80. The van der Waals surface area contributed by atoms with Crippen molar-refractivity contribution < 1.29 is 19.3 Å². The fourth-order valence-corrected chi connectivity index (χ4v) is 8.88. The van der Waals surface area contributed by atoms with Crippen LogP contribution in [0.25, 0.3) is 0 Å². The van der Waals surface area contributed by atoms with E-state index in [9.17, 15) is 5.11 Å². The Morgan fingerprint density at radius 2 is 2.06 bits per heavy atom. The average molecular weight is 452 g/mol. The van der Waals surface area contributed by atoms with E-state index in [1.54, 1.807) is 7.11 Å². The largest absolute Gasteiger partial charge is 0.493 e. The van der Waals surface area contributed by atoms with Crippen LogP contribution in [0.3, 0.4) is 0 Å². The predicted octanol–water partition coefficient (Wildman–Crippen LogP) is 3.86. The van der Waals surface area contributed by atoms with Gasteiger partial charge in [0.1, 0.15) is 11.7 Å². The van der Waals surface area contributed by atoms with Crippen molar-refractivity contribution in [2.45, 2.75) is 81.1 Å². The Labute approximate surface area is 197 Å². The minimum Gasteiger partial charge on any atom is -0.493 e. The van der Waals surface area contributed by atoms with Crippen LogP contribution in [0.2, 0.25) is 0 Å². The van der Waals surface area contributed by atoms with Gasteiger partial charge in [-0.05, 0) is 69.5 Å². The number of benzene rings is 1. The second-order valence-electron chi connectivity index (χ2n) is 11.9. The first-order valence-electron chi connectivity index (χ1n) is 13.0. The quantitative estimate of drug-likeness (QED) is 0.666. The van der Waals surface area contributed by atoms with Gasteiger partial charge in [-0.1, -0.05) is 25.1 Å². The zero-order chi connectivity index (χ0) is 22.8. The minimum atomic E-state index is -0.826. The maximum absolute atomic E-state index is 11.7. The second kappa shape index (κ2) is 6.35. The van der Waals surface area contributed by atoms with Crippen molar-refractivity contribution in [3.8, 4) is 11.5 Å². The van der Waals surface area contributed by atoms with Crippen molar-refractivity contribution in [1.82, 2.24) is 4.90 Å². The highest BCUT2D eigenvalue weighted by atomic mass is 16.6. The molecule has 0 unspecified atom stereocenters. The number of piperidine rings is 1. The molecule has 1 aromatic rings. The molecule has 0 amide bonds. The van der Waals surface area contributed by atoms with Crippen molar-refractivity contribution in [2.75, 3.05) is 27.3 Å². The van der Waals surface area contributed by atoms with Crippen LogP contribution in [-0.2, 0) is 16.6 Å². The van der Waals surface area contributed by atoms with Gasteiger partial charge in [-0.2, -0.15) is 0 Å². The van der Waals surface area contributed by atoms with Crippen LogP contribution in [0.4, 0.5) is 0 Å². The van der Waals surface area contributed by atoms with Crippen LogP contribution in [0, 0.1) is 17.3 Å². The summed E-state index contributed by atoms with van der Waals surface area (Å²) in [6.45, 7) is 6.42. The molecule has 8 rings (SSSR count). The lowest BCUT2D eigenvalue weighted by molar-refractivity contribution is -0.248. The molecule has 2 spiro atoms. The van der Waals surface area contributed by atoms with E-state index in [1.807, 2.05) is 14.0 Å². The third-order valence-electron chi connectivity index (χ3n) is 10.8. The van der Waals surface area contributed by atoms with Gasteiger partial charge in [0.15, 0.2) is 11.5 Å². The minimum absolute atomic E-state index is 0.0200. The maximum Gasteiger partial charge on any atom is 0.166 e. The first-order chi connectivity index (χ1) is 15.9. The van der Waals surface area contributed by atoms with Crippen LogP contribution in [0.1, 0.15) is 57.1 Å². The van der Waals surface area contributed by atoms with Crippen LogP contribution in [0.15, 0.2) is 24.3 Å². The molecule has 5 aliphatic carbocycles. The summed E-state index contributed by atoms with van der Waals surface area (Å²) in [6, 6.07) is 4.82. The summed E-state index contributed by atoms with van der Waals surface area (Å²) in [5.74, 6) is 2.60. The summed E-state index contributed by atoms with van der Waals surface area (Å²) < 4.78 is 19.3. The number of ether oxygens (including phenoxy) is 3. The number of hydrogen-bond acceptors (Lipinski definition) is 5. The molecule has 2 aliphatic heterocycles. The van der Waals surface area contributed by atoms with Crippen LogP contribution in [0.5, 0.6) is 11.5 Å². The van der Waals surface area contributed by atoms with E-state index in [1.165, 1.54) is 30.5 Å². The van der Waals surface area contributed by atoms with Gasteiger partial charge in [0.25, 0.3) is 0 Å². The topological polar surface area (TPSA) is 51.2 Å². The van der Waals surface area contributed by atoms with Crippen molar-refractivity contribution in [3.05, 3.63) is 35.4 Å². The molecule has 1 saturated heterocycles. The molecule has 33 heavy (non-hydrogen) atoms. The van der Waals surface area contributed by atoms with E-state index in [4.69, 9.17) is 14.2 Å². The number of likely N-dealkylation sites (tertiary alicyclic amines) is 1. The number of rotatable bonds is 6. The standard InChI is InChI=1S/C28H37NO4/c1-5-25(2,30)20-15-26-10-11-28(20,32-4)24-27(26)12-13-29(16-17-6-7-17)21(26)14-18-8-9-19(31-3)23(33-24)22(18)27/h8-11,17,20-21,24,30H,5-7,12-16H2,1-4H3/t20-,21-,24-,25-,26-,27+,28+/m1/s1. The third kappa shape index (κ3) is 2.21. The Kier molecular flexibility index (Phi) is 4.00. The molecule has 4 bridgehead atoms. The van der Waals surface area contributed by atoms with E-state index in [0.717, 1.165) is 43.2 Å². The fourth-order valence-electron chi connectivity index (χ4n) is 8.88. The molecule has 3 fully saturated rings. The molecule has 2 saturated carbocycles. The van der Waals surface area contributed by atoms with Crippen molar-refractivity contribution in [2.24, 2.45) is 17.3 Å². The molecule has 2 heterocycles. The molecular weight excluding hydrogens is 414 g/mol. The van der Waals surface area contributed by atoms with Crippen molar-refractivity contribution >= 4 is 0 Å². The molecule has 7 atom stereocenters. The van der Waals surface area contributed by atoms with Crippen LogP contribution < -0.4 is 9.47 Å². The summed E-state index contributed by atoms with van der Waals surface area (Å²) in [6.07, 6.45) is 11.2. The lowest BCUT2D eigenvalue weighted by Gasteiger charge is -2.72.